The third-order valence-corrected chi connectivity index (χ3v) is 8.16. The Kier molecular flexibility index (Phi) is 6.48. The number of nitrogens with zero attached hydrogens (tertiary/aromatic N) is 3. The van der Waals surface area contributed by atoms with E-state index < -0.39 is 44.9 Å². The standard InChI is InChI=1S/C29H21N3O8S/c33-28-25-26(23-13-7-8-14-24(23)40-41(37,38)22-11-5-2-6-12-22)31(20-9-3-1-4-10-20)39-27(25)29(34)30(28)19-15-17-21(18-16-19)32(35)36/h1-18,25-27H/t25-,26+,27-/m1/s1. The third kappa shape index (κ3) is 4.58. The van der Waals surface area contributed by atoms with Gasteiger partial charge in [0.15, 0.2) is 6.10 Å². The van der Waals surface area contributed by atoms with Crippen LogP contribution in [0.5, 0.6) is 5.75 Å². The van der Waals surface area contributed by atoms with E-state index in [1.165, 1.54) is 47.5 Å². The number of para-hydroxylation sites is 2. The molecular weight excluding hydrogens is 550 g/mol. The number of hydrogen-bond acceptors (Lipinski definition) is 9. The molecule has 2 aliphatic rings. The van der Waals surface area contributed by atoms with Gasteiger partial charge in [-0.3, -0.25) is 24.5 Å². The molecule has 11 nitrogen and oxygen atoms in total. The van der Waals surface area contributed by atoms with Crippen molar-refractivity contribution < 1.29 is 32.0 Å². The van der Waals surface area contributed by atoms with Gasteiger partial charge >= 0.3 is 10.1 Å². The molecule has 2 fully saturated rings. The lowest BCUT2D eigenvalue weighted by Gasteiger charge is -2.29. The first-order valence-electron chi connectivity index (χ1n) is 12.5. The Morgan fingerprint density at radius 1 is 0.756 bits per heavy atom. The van der Waals surface area contributed by atoms with Gasteiger partial charge in [0.1, 0.15) is 16.6 Å². The lowest BCUT2D eigenvalue weighted by Crippen LogP contribution is -2.37. The maximum atomic E-state index is 13.9. The second-order valence-corrected chi connectivity index (χ2v) is 10.9. The van der Waals surface area contributed by atoms with Crippen LogP contribution in [-0.2, 0) is 24.5 Å². The number of anilines is 2. The molecule has 0 spiro atoms. The van der Waals surface area contributed by atoms with Crippen molar-refractivity contribution in [2.24, 2.45) is 5.92 Å². The Morgan fingerprint density at radius 3 is 2.02 bits per heavy atom. The Morgan fingerprint density at radius 2 is 1.37 bits per heavy atom. The van der Waals surface area contributed by atoms with Crippen molar-refractivity contribution in [3.63, 3.8) is 0 Å². The van der Waals surface area contributed by atoms with Crippen molar-refractivity contribution in [2.45, 2.75) is 17.0 Å². The van der Waals surface area contributed by atoms with Gasteiger partial charge in [-0.05, 0) is 42.5 Å². The molecule has 41 heavy (non-hydrogen) atoms. The van der Waals surface area contributed by atoms with Crippen LogP contribution < -0.4 is 14.1 Å². The monoisotopic (exact) mass is 571 g/mol. The first-order chi connectivity index (χ1) is 19.8. The van der Waals surface area contributed by atoms with E-state index in [1.807, 2.05) is 0 Å². The Bertz CT molecular complexity index is 1750. The van der Waals surface area contributed by atoms with E-state index in [0.717, 1.165) is 4.90 Å². The molecule has 0 aliphatic carbocycles. The van der Waals surface area contributed by atoms with Crippen LogP contribution in [0.1, 0.15) is 11.6 Å². The molecule has 0 radical (unpaired) electrons. The summed E-state index contributed by atoms with van der Waals surface area (Å²) >= 11 is 0. The molecule has 4 aromatic rings. The minimum atomic E-state index is -4.24. The van der Waals surface area contributed by atoms with E-state index in [2.05, 4.69) is 0 Å². The number of amides is 2. The number of carbonyl (C=O) groups is 2. The first kappa shape index (κ1) is 26.2. The molecule has 206 valence electrons. The number of hydrogen-bond donors (Lipinski definition) is 0. The lowest BCUT2D eigenvalue weighted by atomic mass is 9.90. The van der Waals surface area contributed by atoms with E-state index in [-0.39, 0.29) is 22.0 Å². The lowest BCUT2D eigenvalue weighted by molar-refractivity contribution is -0.384. The van der Waals surface area contributed by atoms with Gasteiger partial charge in [0, 0.05) is 17.7 Å². The SMILES string of the molecule is O=C1[C@H]2[C@@H](ON(c3ccccc3)[C@H]2c2ccccc2OS(=O)(=O)c2ccccc2)C(=O)N1c1ccc([N+](=O)[O-])cc1. The molecule has 6 rings (SSSR count). The minimum Gasteiger partial charge on any atom is -0.379 e. The Balaban J connectivity index is 1.43. The predicted molar refractivity (Wildman–Crippen MR) is 146 cm³/mol. The number of benzene rings is 4. The fourth-order valence-corrected chi connectivity index (χ4v) is 6.04. The predicted octanol–water partition coefficient (Wildman–Crippen LogP) is 4.41. The number of non-ortho nitro benzene ring substituents is 1. The van der Waals surface area contributed by atoms with Crippen LogP contribution in [-0.4, -0.2) is 31.3 Å². The highest BCUT2D eigenvalue weighted by Gasteiger charge is 2.60. The van der Waals surface area contributed by atoms with Crippen molar-refractivity contribution in [3.8, 4) is 5.75 Å². The van der Waals surface area contributed by atoms with E-state index in [4.69, 9.17) is 9.02 Å². The van der Waals surface area contributed by atoms with Crippen molar-refractivity contribution in [3.05, 3.63) is 125 Å². The number of hydroxylamine groups is 1. The zero-order chi connectivity index (χ0) is 28.7. The summed E-state index contributed by atoms with van der Waals surface area (Å²) in [5.41, 5.74) is 0.818. The van der Waals surface area contributed by atoms with Crippen LogP contribution >= 0.6 is 0 Å². The zero-order valence-electron chi connectivity index (χ0n) is 21.1. The summed E-state index contributed by atoms with van der Waals surface area (Å²) in [5.74, 6) is -2.35. The van der Waals surface area contributed by atoms with Gasteiger partial charge in [0.25, 0.3) is 11.6 Å². The summed E-state index contributed by atoms with van der Waals surface area (Å²) in [7, 11) is -4.24. The molecule has 4 aromatic carbocycles. The maximum Gasteiger partial charge on any atom is 0.339 e. The van der Waals surface area contributed by atoms with Gasteiger partial charge in [-0.2, -0.15) is 8.42 Å². The second kappa shape index (κ2) is 10.2. The number of rotatable bonds is 7. The summed E-state index contributed by atoms with van der Waals surface area (Å²) in [6.07, 6.45) is -1.23. The molecule has 0 aromatic heterocycles. The van der Waals surface area contributed by atoms with Gasteiger partial charge in [-0.25, -0.2) is 9.96 Å². The molecule has 0 saturated carbocycles. The van der Waals surface area contributed by atoms with Crippen molar-refractivity contribution in [1.82, 2.24) is 0 Å². The molecule has 0 N–H and O–H groups in total. The molecular formula is C29H21N3O8S. The molecule has 0 bridgehead atoms. The Hall–Kier alpha value is -5.07. The van der Waals surface area contributed by atoms with Crippen LogP contribution in [0.2, 0.25) is 0 Å². The molecule has 2 saturated heterocycles. The molecule has 2 heterocycles. The van der Waals surface area contributed by atoms with Gasteiger partial charge in [-0.1, -0.05) is 54.6 Å². The van der Waals surface area contributed by atoms with Crippen LogP contribution in [0, 0.1) is 16.0 Å². The van der Waals surface area contributed by atoms with Crippen LogP contribution in [0.15, 0.2) is 114 Å². The van der Waals surface area contributed by atoms with Crippen molar-refractivity contribution >= 4 is 39.0 Å². The normalized spacial score (nSPS) is 20.2. The number of imide groups is 1. The summed E-state index contributed by atoms with van der Waals surface area (Å²) in [5, 5.41) is 12.5. The first-order valence-corrected chi connectivity index (χ1v) is 13.9. The highest BCUT2D eigenvalue weighted by atomic mass is 32.2. The smallest absolute Gasteiger partial charge is 0.339 e. The van der Waals surface area contributed by atoms with E-state index in [1.54, 1.807) is 66.7 Å². The fraction of sp³-hybridized carbons (Fsp3) is 0.103. The maximum absolute atomic E-state index is 13.9. The van der Waals surface area contributed by atoms with Gasteiger partial charge in [0.2, 0.25) is 5.91 Å². The van der Waals surface area contributed by atoms with Gasteiger partial charge < -0.3 is 4.18 Å². The molecule has 2 aliphatic heterocycles. The number of nitro groups is 1. The molecule has 0 unspecified atom stereocenters. The van der Waals surface area contributed by atoms with E-state index in [0.29, 0.717) is 11.3 Å². The van der Waals surface area contributed by atoms with Crippen LogP contribution in [0.4, 0.5) is 17.1 Å². The highest BCUT2D eigenvalue weighted by molar-refractivity contribution is 7.87. The number of nitro benzene ring substituents is 1. The number of fused-ring (bicyclic) bond motifs is 1. The molecule has 12 heteroatoms. The van der Waals surface area contributed by atoms with Gasteiger partial charge in [-0.15, -0.1) is 0 Å². The Labute approximate surface area is 234 Å². The zero-order valence-corrected chi connectivity index (χ0v) is 22.0. The van der Waals surface area contributed by atoms with E-state index >= 15 is 0 Å². The van der Waals surface area contributed by atoms with Crippen LogP contribution in [0.25, 0.3) is 0 Å². The quantitative estimate of drug-likeness (QED) is 0.137. The van der Waals surface area contributed by atoms with Crippen molar-refractivity contribution in [1.29, 1.82) is 0 Å². The third-order valence-electron chi connectivity index (χ3n) is 6.91. The summed E-state index contributed by atoms with van der Waals surface area (Å²) in [6.45, 7) is 0. The minimum absolute atomic E-state index is 0.0273. The average Bonchev–Trinajstić information content (AvgIpc) is 3.49. The number of carbonyl (C=O) groups excluding carboxylic acids is 2. The molecule has 3 atom stereocenters. The second-order valence-electron chi connectivity index (χ2n) is 9.33. The highest BCUT2D eigenvalue weighted by Crippen LogP contribution is 2.49. The summed E-state index contributed by atoms with van der Waals surface area (Å²) in [6, 6.07) is 26.9. The summed E-state index contributed by atoms with van der Waals surface area (Å²) < 4.78 is 31.9. The largest absolute Gasteiger partial charge is 0.379 e. The van der Waals surface area contributed by atoms with Crippen LogP contribution in [0.3, 0.4) is 0 Å². The van der Waals surface area contributed by atoms with Crippen molar-refractivity contribution in [2.75, 3.05) is 9.96 Å². The average molecular weight is 572 g/mol. The summed E-state index contributed by atoms with van der Waals surface area (Å²) in [4.78, 5) is 45.0. The van der Waals surface area contributed by atoms with E-state index in [9.17, 15) is 28.1 Å². The molecule has 2 amide bonds. The van der Waals surface area contributed by atoms with Gasteiger partial charge in [0.05, 0.1) is 22.3 Å². The fourth-order valence-electron chi connectivity index (χ4n) is 5.06. The topological polar surface area (TPSA) is 136 Å².